The van der Waals surface area contributed by atoms with Gasteiger partial charge in [-0.2, -0.15) is 15.0 Å². The number of ether oxygens (including phenoxy) is 2. The summed E-state index contributed by atoms with van der Waals surface area (Å²) in [5, 5.41) is 16.9. The Kier molecular flexibility index (Phi) is 3.93. The molecular weight excluding hydrogens is 390 g/mol. The van der Waals surface area contributed by atoms with Gasteiger partial charge in [0.25, 0.3) is 5.91 Å². The van der Waals surface area contributed by atoms with Crippen LogP contribution in [0.2, 0.25) is 0 Å². The van der Waals surface area contributed by atoms with E-state index in [0.717, 1.165) is 15.9 Å². The van der Waals surface area contributed by atoms with E-state index in [1.54, 1.807) is 35.0 Å². The van der Waals surface area contributed by atoms with Gasteiger partial charge in [0.1, 0.15) is 5.82 Å². The summed E-state index contributed by atoms with van der Waals surface area (Å²) in [6.45, 7) is 2.06. The molecule has 1 aliphatic rings. The summed E-state index contributed by atoms with van der Waals surface area (Å²) in [6, 6.07) is 14.0. The van der Waals surface area contributed by atoms with Crippen molar-refractivity contribution in [1.82, 2.24) is 14.8 Å². The lowest BCUT2D eigenvalue weighted by atomic mass is 10.1. The van der Waals surface area contributed by atoms with Gasteiger partial charge < -0.3 is 14.8 Å². The molecule has 1 amide bonds. The molecule has 4 aromatic rings. The van der Waals surface area contributed by atoms with Crippen LogP contribution in [-0.2, 0) is 0 Å². The second kappa shape index (κ2) is 6.61. The van der Waals surface area contributed by atoms with E-state index < -0.39 is 0 Å². The number of nitrogens with zero attached hydrogens (tertiary/aromatic N) is 4. The molecule has 0 saturated heterocycles. The molecule has 0 saturated carbocycles. The fraction of sp³-hybridized carbons (Fsp3) is 0.100. The van der Waals surface area contributed by atoms with Crippen LogP contribution in [0.15, 0.2) is 42.5 Å². The Bertz CT molecular complexity index is 1260. The fourth-order valence-corrected chi connectivity index (χ4v) is 3.96. The molecule has 2 aromatic heterocycles. The predicted octanol–water partition coefficient (Wildman–Crippen LogP) is 3.64. The third kappa shape index (κ3) is 3.05. The SMILES string of the molecule is Cc1cc(NC(=O)c2ccc(C#N)cc2)n(-c2nc3cc4c(cc3s2)OCO4)n1. The highest BCUT2D eigenvalue weighted by atomic mass is 32.1. The number of hydrogen-bond donors (Lipinski definition) is 1. The van der Waals surface area contributed by atoms with Crippen molar-refractivity contribution < 1.29 is 14.3 Å². The zero-order chi connectivity index (χ0) is 20.0. The van der Waals surface area contributed by atoms with Gasteiger partial charge in [-0.15, -0.1) is 0 Å². The first-order valence-corrected chi connectivity index (χ1v) is 9.51. The van der Waals surface area contributed by atoms with Crippen LogP contribution in [0.25, 0.3) is 15.3 Å². The van der Waals surface area contributed by atoms with Gasteiger partial charge in [0, 0.05) is 23.8 Å². The molecule has 0 atom stereocenters. The van der Waals surface area contributed by atoms with Crippen LogP contribution in [0.1, 0.15) is 21.6 Å². The number of amides is 1. The minimum absolute atomic E-state index is 0.212. The zero-order valence-corrected chi connectivity index (χ0v) is 16.0. The fourth-order valence-electron chi connectivity index (χ4n) is 3.02. The summed E-state index contributed by atoms with van der Waals surface area (Å²) in [4.78, 5) is 17.3. The minimum atomic E-state index is -0.294. The standard InChI is InChI=1S/C20H13N5O3S/c1-11-6-18(23-19(26)13-4-2-12(9-21)3-5-13)25(24-11)20-22-14-7-15-16(28-10-27-15)8-17(14)29-20/h2-8H,10H2,1H3,(H,23,26). The summed E-state index contributed by atoms with van der Waals surface area (Å²) < 4.78 is 13.4. The van der Waals surface area contributed by atoms with E-state index in [4.69, 9.17) is 14.7 Å². The number of thiazole rings is 1. The van der Waals surface area contributed by atoms with E-state index >= 15 is 0 Å². The van der Waals surface area contributed by atoms with E-state index in [0.29, 0.717) is 33.6 Å². The summed E-state index contributed by atoms with van der Waals surface area (Å²) in [5.41, 5.74) is 2.46. The van der Waals surface area contributed by atoms with Crippen LogP contribution in [0, 0.1) is 18.3 Å². The summed E-state index contributed by atoms with van der Waals surface area (Å²) >= 11 is 1.44. The van der Waals surface area contributed by atoms with Crippen LogP contribution in [-0.4, -0.2) is 27.5 Å². The molecule has 1 aliphatic heterocycles. The number of carbonyl (C=O) groups excluding carboxylic acids is 1. The van der Waals surface area contributed by atoms with Crippen LogP contribution in [0.4, 0.5) is 5.82 Å². The highest BCUT2D eigenvalue weighted by molar-refractivity contribution is 7.20. The maximum Gasteiger partial charge on any atom is 0.256 e. The second-order valence-electron chi connectivity index (χ2n) is 6.40. The number of nitrogens with one attached hydrogen (secondary N) is 1. The van der Waals surface area contributed by atoms with Gasteiger partial charge in [0.2, 0.25) is 11.9 Å². The first kappa shape index (κ1) is 17.2. The number of benzene rings is 2. The lowest BCUT2D eigenvalue weighted by Gasteiger charge is -2.06. The highest BCUT2D eigenvalue weighted by Crippen LogP contribution is 2.38. The van der Waals surface area contributed by atoms with Crippen molar-refractivity contribution in [3.05, 3.63) is 59.3 Å². The van der Waals surface area contributed by atoms with Crippen molar-refractivity contribution in [3.63, 3.8) is 0 Å². The quantitative estimate of drug-likeness (QED) is 0.560. The van der Waals surface area contributed by atoms with Crippen molar-refractivity contribution in [3.8, 4) is 22.7 Å². The molecule has 0 fully saturated rings. The van der Waals surface area contributed by atoms with Crippen molar-refractivity contribution in [2.24, 2.45) is 0 Å². The molecule has 3 heterocycles. The van der Waals surface area contributed by atoms with E-state index in [1.807, 2.05) is 25.1 Å². The predicted molar refractivity (Wildman–Crippen MR) is 107 cm³/mol. The normalized spacial score (nSPS) is 12.1. The smallest absolute Gasteiger partial charge is 0.256 e. The molecule has 29 heavy (non-hydrogen) atoms. The molecule has 8 nitrogen and oxygen atoms in total. The van der Waals surface area contributed by atoms with Crippen LogP contribution < -0.4 is 14.8 Å². The Morgan fingerprint density at radius 2 is 1.97 bits per heavy atom. The van der Waals surface area contributed by atoms with Crippen LogP contribution >= 0.6 is 11.3 Å². The molecule has 9 heteroatoms. The third-order valence-electron chi connectivity index (χ3n) is 4.40. The molecule has 0 spiro atoms. The summed E-state index contributed by atoms with van der Waals surface area (Å²) in [7, 11) is 0. The van der Waals surface area contributed by atoms with Crippen molar-refractivity contribution >= 4 is 33.3 Å². The van der Waals surface area contributed by atoms with Gasteiger partial charge >= 0.3 is 0 Å². The molecule has 0 bridgehead atoms. The number of carbonyl (C=O) groups is 1. The monoisotopic (exact) mass is 403 g/mol. The van der Waals surface area contributed by atoms with Gasteiger partial charge in [-0.3, -0.25) is 4.79 Å². The van der Waals surface area contributed by atoms with E-state index in [1.165, 1.54) is 11.3 Å². The largest absolute Gasteiger partial charge is 0.454 e. The third-order valence-corrected chi connectivity index (χ3v) is 5.40. The molecule has 2 aromatic carbocycles. The van der Waals surface area contributed by atoms with Gasteiger partial charge in [-0.25, -0.2) is 4.98 Å². The minimum Gasteiger partial charge on any atom is -0.454 e. The average Bonchev–Trinajstić information content (AvgIpc) is 3.43. The first-order chi connectivity index (χ1) is 14.1. The van der Waals surface area contributed by atoms with Crippen molar-refractivity contribution in [2.75, 3.05) is 12.1 Å². The lowest BCUT2D eigenvalue weighted by molar-refractivity contribution is 0.102. The Balaban J connectivity index is 1.48. The maximum atomic E-state index is 12.6. The molecule has 5 rings (SSSR count). The average molecular weight is 403 g/mol. The lowest BCUT2D eigenvalue weighted by Crippen LogP contribution is -2.15. The van der Waals surface area contributed by atoms with Gasteiger partial charge in [0.15, 0.2) is 11.5 Å². The Morgan fingerprint density at radius 3 is 2.72 bits per heavy atom. The molecule has 142 valence electrons. The molecule has 0 unspecified atom stereocenters. The van der Waals surface area contributed by atoms with Crippen molar-refractivity contribution in [1.29, 1.82) is 5.26 Å². The number of rotatable bonds is 3. The zero-order valence-electron chi connectivity index (χ0n) is 15.2. The number of aromatic nitrogens is 3. The maximum absolute atomic E-state index is 12.6. The summed E-state index contributed by atoms with van der Waals surface area (Å²) in [5.74, 6) is 1.58. The molecular formula is C20H13N5O3S. The van der Waals surface area contributed by atoms with Gasteiger partial charge in [-0.1, -0.05) is 11.3 Å². The number of aryl methyl sites for hydroxylation is 1. The highest BCUT2D eigenvalue weighted by Gasteiger charge is 2.19. The van der Waals surface area contributed by atoms with E-state index in [2.05, 4.69) is 15.4 Å². The number of nitriles is 1. The molecule has 0 aliphatic carbocycles. The number of hydrogen-bond acceptors (Lipinski definition) is 7. The van der Waals surface area contributed by atoms with Gasteiger partial charge in [-0.05, 0) is 31.2 Å². The number of anilines is 1. The van der Waals surface area contributed by atoms with E-state index in [9.17, 15) is 4.79 Å². The van der Waals surface area contributed by atoms with Gasteiger partial charge in [0.05, 0.1) is 27.5 Å². The number of fused-ring (bicyclic) bond motifs is 2. The second-order valence-corrected chi connectivity index (χ2v) is 7.40. The van der Waals surface area contributed by atoms with E-state index in [-0.39, 0.29) is 12.7 Å². The van der Waals surface area contributed by atoms with Crippen molar-refractivity contribution in [2.45, 2.75) is 6.92 Å². The first-order valence-electron chi connectivity index (χ1n) is 8.69. The van der Waals surface area contributed by atoms with Crippen LogP contribution in [0.5, 0.6) is 11.5 Å². The molecule has 0 radical (unpaired) electrons. The Labute approximate surface area is 168 Å². The Morgan fingerprint density at radius 1 is 1.21 bits per heavy atom. The molecule has 1 N–H and O–H groups in total. The topological polar surface area (TPSA) is 102 Å². The Hall–Kier alpha value is -3.90. The van der Waals surface area contributed by atoms with Crippen LogP contribution in [0.3, 0.4) is 0 Å². The summed E-state index contributed by atoms with van der Waals surface area (Å²) in [6.07, 6.45) is 0.